The Morgan fingerprint density at radius 2 is 1.74 bits per heavy atom. The maximum absolute atomic E-state index is 11.6. The number of nitrogens with zero attached hydrogens (tertiary/aromatic N) is 2. The van der Waals surface area contributed by atoms with Crippen molar-refractivity contribution in [3.63, 3.8) is 0 Å². The van der Waals surface area contributed by atoms with Gasteiger partial charge in [0.1, 0.15) is 5.82 Å². The number of aromatic nitrogens is 2. The third-order valence-corrected chi connectivity index (χ3v) is 3.48. The van der Waals surface area contributed by atoms with E-state index in [0.717, 1.165) is 38.0 Å². The van der Waals surface area contributed by atoms with E-state index in [2.05, 4.69) is 52.0 Å². The van der Waals surface area contributed by atoms with E-state index < -0.39 is 0 Å². The lowest BCUT2D eigenvalue weighted by Crippen LogP contribution is -2.13. The number of nitrogens with one attached hydrogen (secondary N) is 2. The van der Waals surface area contributed by atoms with Gasteiger partial charge in [0.25, 0.3) is 0 Å². The van der Waals surface area contributed by atoms with Gasteiger partial charge in [-0.3, -0.25) is 4.79 Å². The molecule has 5 nitrogen and oxygen atoms in total. The first-order valence-corrected chi connectivity index (χ1v) is 8.19. The molecule has 0 unspecified atom stereocenters. The number of aryl methyl sites for hydroxylation is 1. The van der Waals surface area contributed by atoms with Crippen molar-refractivity contribution in [1.82, 2.24) is 10.2 Å². The second-order valence-electron chi connectivity index (χ2n) is 5.47. The highest BCUT2D eigenvalue weighted by molar-refractivity contribution is 5.89. The molecule has 2 N–H and O–H groups in total. The molecule has 0 saturated carbocycles. The molecule has 0 aliphatic rings. The summed E-state index contributed by atoms with van der Waals surface area (Å²) >= 11 is 0. The van der Waals surface area contributed by atoms with Gasteiger partial charge in [-0.25, -0.2) is 0 Å². The largest absolute Gasteiger partial charge is 0.369 e. The van der Waals surface area contributed by atoms with Crippen LogP contribution in [0.5, 0.6) is 0 Å². The molecule has 0 fully saturated rings. The van der Waals surface area contributed by atoms with Crippen LogP contribution < -0.4 is 10.6 Å². The van der Waals surface area contributed by atoms with Gasteiger partial charge in [-0.2, -0.15) is 0 Å². The summed E-state index contributed by atoms with van der Waals surface area (Å²) < 4.78 is 0. The maximum atomic E-state index is 11.6. The topological polar surface area (TPSA) is 66.9 Å². The zero-order chi connectivity index (χ0) is 16.3. The van der Waals surface area contributed by atoms with Gasteiger partial charge in [-0.1, -0.05) is 43.7 Å². The molecule has 2 rings (SSSR count). The SMILES string of the molecule is CCCCC(=O)Nc1ccc(NCCCc2ccccc2)nn1. The predicted octanol–water partition coefficient (Wildman–Crippen LogP) is 3.65. The van der Waals surface area contributed by atoms with E-state index in [4.69, 9.17) is 0 Å². The summed E-state index contributed by atoms with van der Waals surface area (Å²) in [6, 6.07) is 14.0. The number of hydrogen-bond donors (Lipinski definition) is 2. The Morgan fingerprint density at radius 3 is 2.43 bits per heavy atom. The minimum Gasteiger partial charge on any atom is -0.369 e. The van der Waals surface area contributed by atoms with Crippen LogP contribution in [0.1, 0.15) is 38.2 Å². The lowest BCUT2D eigenvalue weighted by molar-refractivity contribution is -0.116. The average molecular weight is 312 g/mol. The Kier molecular flexibility index (Phi) is 7.04. The van der Waals surface area contributed by atoms with Crippen molar-refractivity contribution in [2.24, 2.45) is 0 Å². The number of benzene rings is 1. The molecule has 2 aromatic rings. The Hall–Kier alpha value is -2.43. The van der Waals surface area contributed by atoms with Crippen LogP contribution in [-0.4, -0.2) is 22.6 Å². The van der Waals surface area contributed by atoms with Crippen LogP contribution in [-0.2, 0) is 11.2 Å². The fraction of sp³-hybridized carbons (Fsp3) is 0.389. The maximum Gasteiger partial charge on any atom is 0.225 e. The van der Waals surface area contributed by atoms with E-state index in [1.165, 1.54) is 5.56 Å². The zero-order valence-corrected chi connectivity index (χ0v) is 13.6. The lowest BCUT2D eigenvalue weighted by atomic mass is 10.1. The van der Waals surface area contributed by atoms with Crippen LogP contribution in [0.4, 0.5) is 11.6 Å². The minimum absolute atomic E-state index is 0.00952. The lowest BCUT2D eigenvalue weighted by Gasteiger charge is -2.07. The van der Waals surface area contributed by atoms with Gasteiger partial charge < -0.3 is 10.6 Å². The van der Waals surface area contributed by atoms with E-state index in [1.807, 2.05) is 12.1 Å². The third kappa shape index (κ3) is 6.46. The molecular weight excluding hydrogens is 288 g/mol. The van der Waals surface area contributed by atoms with Gasteiger partial charge in [0.15, 0.2) is 5.82 Å². The summed E-state index contributed by atoms with van der Waals surface area (Å²) in [7, 11) is 0. The van der Waals surface area contributed by atoms with E-state index in [1.54, 1.807) is 6.07 Å². The Balaban J connectivity index is 1.69. The molecular formula is C18H24N4O. The monoisotopic (exact) mass is 312 g/mol. The highest BCUT2D eigenvalue weighted by Gasteiger charge is 2.03. The second kappa shape index (κ2) is 9.56. The second-order valence-corrected chi connectivity index (χ2v) is 5.47. The molecule has 122 valence electrons. The van der Waals surface area contributed by atoms with Gasteiger partial charge >= 0.3 is 0 Å². The van der Waals surface area contributed by atoms with E-state index in [9.17, 15) is 4.79 Å². The number of amides is 1. The third-order valence-electron chi connectivity index (χ3n) is 3.48. The van der Waals surface area contributed by atoms with Gasteiger partial charge in [-0.05, 0) is 37.0 Å². The molecule has 0 aliphatic carbocycles. The molecule has 0 saturated heterocycles. The molecule has 5 heteroatoms. The van der Waals surface area contributed by atoms with E-state index in [-0.39, 0.29) is 5.91 Å². The highest BCUT2D eigenvalue weighted by Crippen LogP contribution is 2.08. The standard InChI is InChI=1S/C18H24N4O/c1-2-3-11-18(23)20-17-13-12-16(21-22-17)19-14-7-10-15-8-5-4-6-9-15/h4-6,8-9,12-13H,2-3,7,10-11,14H2,1H3,(H,19,21)(H,20,22,23). The van der Waals surface area contributed by atoms with Crippen molar-refractivity contribution in [1.29, 1.82) is 0 Å². The van der Waals surface area contributed by atoms with Gasteiger partial charge in [0.05, 0.1) is 0 Å². The van der Waals surface area contributed by atoms with Crippen LogP contribution in [0.15, 0.2) is 42.5 Å². The molecule has 0 radical (unpaired) electrons. The van der Waals surface area contributed by atoms with Crippen LogP contribution in [0.2, 0.25) is 0 Å². The van der Waals surface area contributed by atoms with Gasteiger partial charge in [-0.15, -0.1) is 10.2 Å². The summed E-state index contributed by atoms with van der Waals surface area (Å²) in [5.41, 5.74) is 1.34. The molecule has 1 aromatic carbocycles. The summed E-state index contributed by atoms with van der Waals surface area (Å²) in [5, 5.41) is 14.1. The van der Waals surface area contributed by atoms with E-state index >= 15 is 0 Å². The highest BCUT2D eigenvalue weighted by atomic mass is 16.1. The Bertz CT molecular complexity index is 584. The molecule has 0 atom stereocenters. The molecule has 0 bridgehead atoms. The van der Waals surface area contributed by atoms with Crippen molar-refractivity contribution in [3.05, 3.63) is 48.0 Å². The fourth-order valence-electron chi connectivity index (χ4n) is 2.19. The van der Waals surface area contributed by atoms with Crippen LogP contribution >= 0.6 is 0 Å². The Labute approximate surface area is 137 Å². The number of rotatable bonds is 9. The average Bonchev–Trinajstić information content (AvgIpc) is 2.59. The summed E-state index contributed by atoms with van der Waals surface area (Å²) in [6.45, 7) is 2.90. The molecule has 1 heterocycles. The minimum atomic E-state index is -0.00952. The number of carbonyl (C=O) groups excluding carboxylic acids is 1. The first-order chi connectivity index (χ1) is 11.3. The molecule has 1 aromatic heterocycles. The molecule has 1 amide bonds. The van der Waals surface area contributed by atoms with Crippen LogP contribution in [0.25, 0.3) is 0 Å². The fourth-order valence-corrected chi connectivity index (χ4v) is 2.19. The first kappa shape index (κ1) is 16.9. The quantitative estimate of drug-likeness (QED) is 0.694. The molecule has 0 aliphatic heterocycles. The van der Waals surface area contributed by atoms with Crippen molar-refractivity contribution >= 4 is 17.5 Å². The molecule has 23 heavy (non-hydrogen) atoms. The number of hydrogen-bond acceptors (Lipinski definition) is 4. The molecule has 0 spiro atoms. The van der Waals surface area contributed by atoms with Crippen molar-refractivity contribution in [2.75, 3.05) is 17.2 Å². The van der Waals surface area contributed by atoms with Crippen LogP contribution in [0, 0.1) is 0 Å². The summed E-state index contributed by atoms with van der Waals surface area (Å²) in [6.07, 6.45) is 4.48. The van der Waals surface area contributed by atoms with Crippen molar-refractivity contribution < 1.29 is 4.79 Å². The first-order valence-electron chi connectivity index (χ1n) is 8.19. The predicted molar refractivity (Wildman–Crippen MR) is 93.4 cm³/mol. The van der Waals surface area contributed by atoms with E-state index in [0.29, 0.717) is 12.2 Å². The van der Waals surface area contributed by atoms with Gasteiger partial charge in [0, 0.05) is 13.0 Å². The Morgan fingerprint density at radius 1 is 1.00 bits per heavy atom. The summed E-state index contributed by atoms with van der Waals surface area (Å²) in [5.74, 6) is 1.22. The number of unbranched alkanes of at least 4 members (excludes halogenated alkanes) is 1. The van der Waals surface area contributed by atoms with Crippen molar-refractivity contribution in [3.8, 4) is 0 Å². The smallest absolute Gasteiger partial charge is 0.225 e. The number of carbonyl (C=O) groups is 1. The number of anilines is 2. The zero-order valence-electron chi connectivity index (χ0n) is 13.6. The normalized spacial score (nSPS) is 10.3. The van der Waals surface area contributed by atoms with Crippen molar-refractivity contribution in [2.45, 2.75) is 39.0 Å². The van der Waals surface area contributed by atoms with Crippen LogP contribution in [0.3, 0.4) is 0 Å². The summed E-state index contributed by atoms with van der Waals surface area (Å²) in [4.78, 5) is 11.6. The van der Waals surface area contributed by atoms with Gasteiger partial charge in [0.2, 0.25) is 5.91 Å².